The zero-order valence-electron chi connectivity index (χ0n) is 7.39. The maximum Gasteiger partial charge on any atom is 0.321 e. The quantitative estimate of drug-likeness (QED) is 0.361. The Bertz CT molecular complexity index is 147. The number of nitrogens with two attached hydrogens (primary N) is 1. The molecule has 0 saturated carbocycles. The van der Waals surface area contributed by atoms with Gasteiger partial charge in [-0.25, -0.2) is 0 Å². The van der Waals surface area contributed by atoms with Crippen LogP contribution in [0.3, 0.4) is 0 Å². The van der Waals surface area contributed by atoms with E-state index in [2.05, 4.69) is 0 Å². The van der Waals surface area contributed by atoms with Crippen LogP contribution in [0.4, 0.5) is 0 Å². The van der Waals surface area contributed by atoms with Gasteiger partial charge in [-0.15, -0.1) is 0 Å². The Morgan fingerprint density at radius 3 is 2.08 bits per heavy atom. The smallest absolute Gasteiger partial charge is 0.321 e. The second-order valence-electron chi connectivity index (χ2n) is 2.69. The average Bonchev–Trinajstić information content (AvgIpc) is 2.05. The number of aliphatic hydroxyl groups excluding tert-OH is 2. The van der Waals surface area contributed by atoms with Crippen molar-refractivity contribution in [3.63, 3.8) is 0 Å². The molecule has 0 amide bonds. The third-order valence-electron chi connectivity index (χ3n) is 1.60. The summed E-state index contributed by atoms with van der Waals surface area (Å²) in [6, 6.07) is -0.974. The minimum absolute atomic E-state index is 0.0770. The lowest BCUT2D eigenvalue weighted by molar-refractivity contribution is -0.139. The summed E-state index contributed by atoms with van der Waals surface area (Å²) in [6.07, 6.45) is 0. The zero-order chi connectivity index (χ0) is 10.3. The van der Waals surface area contributed by atoms with Crippen LogP contribution in [0.15, 0.2) is 0 Å². The lowest BCUT2D eigenvalue weighted by atomic mass is 10.3. The van der Waals surface area contributed by atoms with E-state index in [4.69, 9.17) is 21.1 Å². The van der Waals surface area contributed by atoms with E-state index in [9.17, 15) is 4.79 Å². The van der Waals surface area contributed by atoms with E-state index < -0.39 is 12.0 Å². The molecule has 0 unspecified atom stereocenters. The van der Waals surface area contributed by atoms with E-state index in [0.29, 0.717) is 13.1 Å². The topological polar surface area (TPSA) is 107 Å². The third kappa shape index (κ3) is 5.53. The highest BCUT2D eigenvalue weighted by atomic mass is 16.4. The Balaban J connectivity index is 3.85. The second-order valence-corrected chi connectivity index (χ2v) is 2.69. The van der Waals surface area contributed by atoms with Crippen LogP contribution in [0.1, 0.15) is 0 Å². The largest absolute Gasteiger partial charge is 0.480 e. The van der Waals surface area contributed by atoms with E-state index in [1.165, 1.54) is 0 Å². The molecule has 0 spiro atoms. The molecule has 1 atom stereocenters. The van der Waals surface area contributed by atoms with E-state index in [1.54, 1.807) is 4.90 Å². The molecule has 0 aromatic carbocycles. The molecule has 0 aromatic rings. The molecule has 0 fully saturated rings. The van der Waals surface area contributed by atoms with Gasteiger partial charge in [-0.05, 0) is 0 Å². The first kappa shape index (κ1) is 12.3. The number of nitrogens with zero attached hydrogens (tertiary/aromatic N) is 1. The minimum atomic E-state index is -1.08. The number of carboxylic acids is 1. The van der Waals surface area contributed by atoms with Crippen molar-refractivity contribution in [2.75, 3.05) is 32.8 Å². The Labute approximate surface area is 76.6 Å². The van der Waals surface area contributed by atoms with Crippen LogP contribution in [0.5, 0.6) is 0 Å². The predicted octanol–water partition coefficient (Wildman–Crippen LogP) is -2.32. The number of carboxylic acid groups (broad SMARTS) is 1. The van der Waals surface area contributed by atoms with E-state index >= 15 is 0 Å². The molecule has 0 saturated heterocycles. The summed E-state index contributed by atoms with van der Waals surface area (Å²) in [7, 11) is 0. The highest BCUT2D eigenvalue weighted by Gasteiger charge is 2.15. The van der Waals surface area contributed by atoms with Crippen molar-refractivity contribution in [1.82, 2.24) is 4.90 Å². The fraction of sp³-hybridized carbons (Fsp3) is 0.857. The second kappa shape index (κ2) is 6.79. The number of aliphatic hydroxyl groups is 2. The summed E-state index contributed by atoms with van der Waals surface area (Å²) in [4.78, 5) is 12.0. The fourth-order valence-electron chi connectivity index (χ4n) is 0.933. The predicted molar refractivity (Wildman–Crippen MR) is 46.2 cm³/mol. The highest BCUT2D eigenvalue weighted by Crippen LogP contribution is 1.90. The molecular formula is C7H16N2O4. The molecular weight excluding hydrogens is 176 g/mol. The highest BCUT2D eigenvalue weighted by molar-refractivity contribution is 5.73. The van der Waals surface area contributed by atoms with E-state index in [0.717, 1.165) is 0 Å². The van der Waals surface area contributed by atoms with Crippen molar-refractivity contribution in [2.24, 2.45) is 5.73 Å². The van der Waals surface area contributed by atoms with Gasteiger partial charge in [0.05, 0.1) is 13.2 Å². The first-order chi connectivity index (χ1) is 6.11. The van der Waals surface area contributed by atoms with Crippen LogP contribution in [-0.4, -0.2) is 65.1 Å². The normalized spacial score (nSPS) is 13.2. The van der Waals surface area contributed by atoms with Gasteiger partial charge in [0.25, 0.3) is 0 Å². The lowest BCUT2D eigenvalue weighted by Gasteiger charge is -2.21. The van der Waals surface area contributed by atoms with Crippen LogP contribution in [0.25, 0.3) is 0 Å². The Morgan fingerprint density at radius 1 is 1.31 bits per heavy atom. The first-order valence-electron chi connectivity index (χ1n) is 4.04. The molecule has 6 heteroatoms. The van der Waals surface area contributed by atoms with Gasteiger partial charge in [0, 0.05) is 19.6 Å². The molecule has 0 aliphatic rings. The molecule has 0 radical (unpaired) electrons. The monoisotopic (exact) mass is 192 g/mol. The van der Waals surface area contributed by atoms with Gasteiger partial charge in [0.1, 0.15) is 6.04 Å². The van der Waals surface area contributed by atoms with E-state index in [-0.39, 0.29) is 19.8 Å². The van der Waals surface area contributed by atoms with Crippen molar-refractivity contribution < 1.29 is 20.1 Å². The van der Waals surface area contributed by atoms with Crippen LogP contribution < -0.4 is 5.73 Å². The minimum Gasteiger partial charge on any atom is -0.480 e. The molecule has 78 valence electrons. The molecule has 6 nitrogen and oxygen atoms in total. The Hall–Kier alpha value is -0.690. The number of aliphatic carboxylic acids is 1. The van der Waals surface area contributed by atoms with Crippen molar-refractivity contribution >= 4 is 5.97 Å². The average molecular weight is 192 g/mol. The number of rotatable bonds is 7. The van der Waals surface area contributed by atoms with Gasteiger partial charge in [-0.3, -0.25) is 9.69 Å². The van der Waals surface area contributed by atoms with Gasteiger partial charge < -0.3 is 21.1 Å². The van der Waals surface area contributed by atoms with Crippen LogP contribution in [0, 0.1) is 0 Å². The van der Waals surface area contributed by atoms with Gasteiger partial charge in [-0.2, -0.15) is 0 Å². The van der Waals surface area contributed by atoms with Crippen molar-refractivity contribution in [1.29, 1.82) is 0 Å². The summed E-state index contributed by atoms with van der Waals surface area (Å²) < 4.78 is 0. The molecule has 0 aromatic heterocycles. The van der Waals surface area contributed by atoms with Gasteiger partial charge >= 0.3 is 5.97 Å². The first-order valence-corrected chi connectivity index (χ1v) is 4.04. The Kier molecular flexibility index (Phi) is 6.43. The van der Waals surface area contributed by atoms with Gasteiger partial charge in [0.2, 0.25) is 0 Å². The third-order valence-corrected chi connectivity index (χ3v) is 1.60. The number of carbonyl (C=O) groups is 1. The van der Waals surface area contributed by atoms with Gasteiger partial charge in [-0.1, -0.05) is 0 Å². The van der Waals surface area contributed by atoms with Crippen molar-refractivity contribution in [2.45, 2.75) is 6.04 Å². The molecule has 0 rings (SSSR count). The zero-order valence-corrected chi connectivity index (χ0v) is 7.39. The standard InChI is InChI=1S/C7H16N2O4/c8-6(7(12)13)5-9(1-3-10)2-4-11/h6,10-11H,1-5,8H2,(H,12,13)/t6-/m0/s1. The molecule has 0 heterocycles. The maximum atomic E-state index is 10.4. The fourth-order valence-corrected chi connectivity index (χ4v) is 0.933. The summed E-state index contributed by atoms with van der Waals surface area (Å²) >= 11 is 0. The molecule has 13 heavy (non-hydrogen) atoms. The van der Waals surface area contributed by atoms with Crippen LogP contribution in [0.2, 0.25) is 0 Å². The summed E-state index contributed by atoms with van der Waals surface area (Å²) in [5, 5.41) is 25.7. The van der Waals surface area contributed by atoms with Crippen molar-refractivity contribution in [3.8, 4) is 0 Å². The Morgan fingerprint density at radius 2 is 1.77 bits per heavy atom. The maximum absolute atomic E-state index is 10.4. The molecule has 0 aliphatic carbocycles. The lowest BCUT2D eigenvalue weighted by Crippen LogP contribution is -2.44. The number of hydrogen-bond acceptors (Lipinski definition) is 5. The summed E-state index contributed by atoms with van der Waals surface area (Å²) in [5.74, 6) is -1.08. The molecule has 0 bridgehead atoms. The van der Waals surface area contributed by atoms with Crippen molar-refractivity contribution in [3.05, 3.63) is 0 Å². The van der Waals surface area contributed by atoms with Crippen LogP contribution in [-0.2, 0) is 4.79 Å². The van der Waals surface area contributed by atoms with Gasteiger partial charge in [0.15, 0.2) is 0 Å². The SMILES string of the molecule is N[C@@H](CN(CCO)CCO)C(=O)O. The van der Waals surface area contributed by atoms with E-state index in [1.807, 2.05) is 0 Å². The summed E-state index contributed by atoms with van der Waals surface area (Å²) in [6.45, 7) is 0.623. The summed E-state index contributed by atoms with van der Waals surface area (Å²) in [5.41, 5.74) is 5.27. The molecule has 0 aliphatic heterocycles. The van der Waals surface area contributed by atoms with Crippen LogP contribution >= 0.6 is 0 Å². The number of hydrogen-bond donors (Lipinski definition) is 4. The molecule has 5 N–H and O–H groups in total.